The minimum absolute atomic E-state index is 0.0986. The van der Waals surface area contributed by atoms with E-state index in [0.29, 0.717) is 22.1 Å². The van der Waals surface area contributed by atoms with E-state index in [1.165, 1.54) is 18.2 Å². The summed E-state index contributed by atoms with van der Waals surface area (Å²) in [7, 11) is 0. The molecule has 1 fully saturated rings. The number of aromatic nitrogens is 1. The molecule has 0 saturated carbocycles. The normalized spacial score (nSPS) is 22.8. The largest absolute Gasteiger partial charge is 0.573 e. The molecule has 4 rings (SSSR count). The first kappa shape index (κ1) is 17.3. The molecule has 0 spiro atoms. The Balaban J connectivity index is 1.62. The summed E-state index contributed by atoms with van der Waals surface area (Å²) in [6.45, 7) is 3.30. The van der Waals surface area contributed by atoms with Crippen molar-refractivity contribution in [2.24, 2.45) is 0 Å². The lowest BCUT2D eigenvalue weighted by Crippen LogP contribution is -2.42. The van der Waals surface area contributed by atoms with Gasteiger partial charge in [-0.15, -0.1) is 24.5 Å². The summed E-state index contributed by atoms with van der Waals surface area (Å²) in [5.74, 6) is -0.413. The molecule has 1 aromatic heterocycles. The Morgan fingerprint density at radius 2 is 2.12 bits per heavy atom. The number of ether oxygens (including phenoxy) is 1. The smallest absolute Gasteiger partial charge is 0.405 e. The Morgan fingerprint density at radius 3 is 2.77 bits per heavy atom. The molecule has 5 nitrogen and oxygen atoms in total. The molecule has 2 aliphatic heterocycles. The molecule has 0 unspecified atom stereocenters. The van der Waals surface area contributed by atoms with Crippen LogP contribution in [0.5, 0.6) is 5.75 Å². The molecule has 0 radical (unpaired) electrons. The van der Waals surface area contributed by atoms with Crippen LogP contribution in [0.2, 0.25) is 0 Å². The standard InChI is InChI=1S/C17H16F3N3O2S/c1-9-12(6-7-21-9)23-8-11-14(16(23)24)26-15(22-11)10-4-2-3-5-13(10)25-17(18,19)20/h2-5,9,12,21H,6-8H2,1H3/t9-,12-/m1/s1. The third kappa shape index (κ3) is 3.05. The van der Waals surface area contributed by atoms with Gasteiger partial charge in [0.2, 0.25) is 0 Å². The van der Waals surface area contributed by atoms with E-state index in [4.69, 9.17) is 0 Å². The Morgan fingerprint density at radius 1 is 1.35 bits per heavy atom. The van der Waals surface area contributed by atoms with Crippen LogP contribution in [-0.2, 0) is 6.54 Å². The summed E-state index contributed by atoms with van der Waals surface area (Å²) in [4.78, 5) is 19.5. The van der Waals surface area contributed by atoms with Crippen LogP contribution in [0, 0.1) is 0 Å². The summed E-state index contributed by atoms with van der Waals surface area (Å²) >= 11 is 1.12. The zero-order valence-electron chi connectivity index (χ0n) is 13.8. The fourth-order valence-corrected chi connectivity index (χ4v) is 4.56. The highest BCUT2D eigenvalue weighted by atomic mass is 32.1. The van der Waals surface area contributed by atoms with E-state index in [-0.39, 0.29) is 29.3 Å². The van der Waals surface area contributed by atoms with Gasteiger partial charge in [-0.3, -0.25) is 4.79 Å². The SMILES string of the molecule is C[C@H]1NCC[C@H]1N1Cc2nc(-c3ccccc3OC(F)(F)F)sc2C1=O. The van der Waals surface area contributed by atoms with E-state index >= 15 is 0 Å². The third-order valence-electron chi connectivity index (χ3n) is 4.70. The molecule has 1 saturated heterocycles. The summed E-state index contributed by atoms with van der Waals surface area (Å²) in [5, 5.41) is 3.68. The van der Waals surface area contributed by atoms with E-state index in [1.807, 2.05) is 6.92 Å². The first-order chi connectivity index (χ1) is 12.3. The van der Waals surface area contributed by atoms with Crippen LogP contribution in [0.4, 0.5) is 13.2 Å². The molecule has 2 atom stereocenters. The average molecular weight is 383 g/mol. The van der Waals surface area contributed by atoms with Crippen LogP contribution in [0.15, 0.2) is 24.3 Å². The number of thiazole rings is 1. The van der Waals surface area contributed by atoms with E-state index in [1.54, 1.807) is 11.0 Å². The maximum absolute atomic E-state index is 12.7. The molecular formula is C17H16F3N3O2S. The molecule has 9 heteroatoms. The lowest BCUT2D eigenvalue weighted by Gasteiger charge is -2.26. The van der Waals surface area contributed by atoms with Crippen LogP contribution in [0.25, 0.3) is 10.6 Å². The summed E-state index contributed by atoms with van der Waals surface area (Å²) in [5.41, 5.74) is 0.857. The molecule has 2 aromatic rings. The highest BCUT2D eigenvalue weighted by Gasteiger charge is 2.40. The number of halogens is 3. The molecule has 2 aliphatic rings. The number of fused-ring (bicyclic) bond motifs is 1. The van der Waals surface area contributed by atoms with Crippen molar-refractivity contribution < 1.29 is 22.7 Å². The van der Waals surface area contributed by atoms with Gasteiger partial charge < -0.3 is 15.0 Å². The number of nitrogens with zero attached hydrogens (tertiary/aromatic N) is 2. The van der Waals surface area contributed by atoms with E-state index in [0.717, 1.165) is 24.3 Å². The minimum atomic E-state index is -4.78. The van der Waals surface area contributed by atoms with Crippen molar-refractivity contribution in [1.29, 1.82) is 0 Å². The Bertz CT molecular complexity index is 852. The van der Waals surface area contributed by atoms with Crippen molar-refractivity contribution >= 4 is 17.2 Å². The van der Waals surface area contributed by atoms with Crippen molar-refractivity contribution in [3.63, 3.8) is 0 Å². The van der Waals surface area contributed by atoms with Crippen molar-refractivity contribution in [3.05, 3.63) is 34.8 Å². The molecule has 138 valence electrons. The Kier molecular flexibility index (Phi) is 4.15. The maximum atomic E-state index is 12.7. The summed E-state index contributed by atoms with van der Waals surface area (Å²) in [6, 6.07) is 6.18. The van der Waals surface area contributed by atoms with Gasteiger partial charge in [0.25, 0.3) is 5.91 Å². The Labute approximate surface area is 151 Å². The molecule has 1 N–H and O–H groups in total. The number of benzene rings is 1. The van der Waals surface area contributed by atoms with Crippen LogP contribution in [-0.4, -0.2) is 40.8 Å². The molecule has 3 heterocycles. The van der Waals surface area contributed by atoms with Crippen LogP contribution in [0.1, 0.15) is 28.7 Å². The number of rotatable bonds is 3. The first-order valence-electron chi connectivity index (χ1n) is 8.22. The predicted octanol–water partition coefficient (Wildman–Crippen LogP) is 3.41. The van der Waals surface area contributed by atoms with Gasteiger partial charge in [0.15, 0.2) is 0 Å². The summed E-state index contributed by atoms with van der Waals surface area (Å²) in [6.07, 6.45) is -3.90. The van der Waals surface area contributed by atoms with E-state index in [9.17, 15) is 18.0 Å². The number of hydrogen-bond acceptors (Lipinski definition) is 5. The van der Waals surface area contributed by atoms with Gasteiger partial charge in [0.1, 0.15) is 15.6 Å². The molecule has 26 heavy (non-hydrogen) atoms. The van der Waals surface area contributed by atoms with Gasteiger partial charge in [-0.25, -0.2) is 4.98 Å². The minimum Gasteiger partial charge on any atom is -0.405 e. The number of para-hydroxylation sites is 1. The number of nitrogens with one attached hydrogen (secondary N) is 1. The first-order valence-corrected chi connectivity index (χ1v) is 9.04. The van der Waals surface area contributed by atoms with Crippen molar-refractivity contribution in [3.8, 4) is 16.3 Å². The lowest BCUT2D eigenvalue weighted by atomic mass is 10.1. The zero-order valence-corrected chi connectivity index (χ0v) is 14.7. The summed E-state index contributed by atoms with van der Waals surface area (Å²) < 4.78 is 41.9. The molecular weight excluding hydrogens is 367 g/mol. The van der Waals surface area contributed by atoms with E-state index < -0.39 is 6.36 Å². The van der Waals surface area contributed by atoms with Crippen LogP contribution < -0.4 is 10.1 Å². The third-order valence-corrected chi connectivity index (χ3v) is 5.82. The van der Waals surface area contributed by atoms with Crippen LogP contribution >= 0.6 is 11.3 Å². The van der Waals surface area contributed by atoms with Crippen molar-refractivity contribution in [1.82, 2.24) is 15.2 Å². The maximum Gasteiger partial charge on any atom is 0.573 e. The second-order valence-corrected chi connectivity index (χ2v) is 7.37. The van der Waals surface area contributed by atoms with Gasteiger partial charge in [-0.2, -0.15) is 0 Å². The molecule has 0 aliphatic carbocycles. The lowest BCUT2D eigenvalue weighted by molar-refractivity contribution is -0.274. The monoisotopic (exact) mass is 383 g/mol. The number of alkyl halides is 3. The number of carbonyl (C=O) groups is 1. The zero-order chi connectivity index (χ0) is 18.5. The second-order valence-electron chi connectivity index (χ2n) is 6.37. The Hall–Kier alpha value is -2.13. The number of hydrogen-bond donors (Lipinski definition) is 1. The molecule has 1 aromatic carbocycles. The van der Waals surface area contributed by atoms with Gasteiger partial charge >= 0.3 is 6.36 Å². The van der Waals surface area contributed by atoms with Crippen molar-refractivity contribution in [2.45, 2.75) is 38.3 Å². The predicted molar refractivity (Wildman–Crippen MR) is 90.0 cm³/mol. The van der Waals surface area contributed by atoms with Crippen molar-refractivity contribution in [2.75, 3.05) is 6.54 Å². The quantitative estimate of drug-likeness (QED) is 0.883. The fourth-order valence-electron chi connectivity index (χ4n) is 3.50. The molecule has 1 amide bonds. The highest BCUT2D eigenvalue weighted by molar-refractivity contribution is 7.17. The number of carbonyl (C=O) groups excluding carboxylic acids is 1. The van der Waals surface area contributed by atoms with Gasteiger partial charge in [-0.1, -0.05) is 12.1 Å². The van der Waals surface area contributed by atoms with Crippen LogP contribution in [0.3, 0.4) is 0 Å². The highest BCUT2D eigenvalue weighted by Crippen LogP contribution is 2.40. The van der Waals surface area contributed by atoms with E-state index in [2.05, 4.69) is 15.0 Å². The second kappa shape index (κ2) is 6.24. The fraction of sp³-hybridized carbons (Fsp3) is 0.412. The average Bonchev–Trinajstić information content (AvgIpc) is 3.23. The topological polar surface area (TPSA) is 54.5 Å². The molecule has 0 bridgehead atoms. The van der Waals surface area contributed by atoms with Gasteiger partial charge in [-0.05, 0) is 32.0 Å². The number of amides is 1. The van der Waals surface area contributed by atoms with Gasteiger partial charge in [0, 0.05) is 12.1 Å². The van der Waals surface area contributed by atoms with Gasteiger partial charge in [0.05, 0.1) is 17.8 Å².